The van der Waals surface area contributed by atoms with Crippen molar-refractivity contribution in [2.75, 3.05) is 19.7 Å². The molecule has 0 aliphatic carbocycles. The van der Waals surface area contributed by atoms with Crippen LogP contribution in [0.2, 0.25) is 0 Å². The molecule has 0 aliphatic rings. The number of nitrogens with two attached hydrogens (primary N) is 1. The van der Waals surface area contributed by atoms with Gasteiger partial charge >= 0.3 is 0 Å². The minimum Gasteiger partial charge on any atom is -0.493 e. The fraction of sp³-hybridized carbons (Fsp3) is 0.462. The van der Waals surface area contributed by atoms with Gasteiger partial charge in [0.05, 0.1) is 13.0 Å². The first-order chi connectivity index (χ1) is 8.61. The van der Waals surface area contributed by atoms with Gasteiger partial charge in [-0.25, -0.2) is 4.39 Å². The second-order valence-electron chi connectivity index (χ2n) is 4.20. The van der Waals surface area contributed by atoms with Gasteiger partial charge in [0.15, 0.2) is 0 Å². The number of hydrogen-bond donors (Lipinski definition) is 2. The number of benzene rings is 1. The third kappa shape index (κ3) is 7.64. The van der Waals surface area contributed by atoms with Crippen LogP contribution < -0.4 is 15.8 Å². The molecule has 1 aromatic carbocycles. The standard InChI is InChI=1S/C13H19FN2O2.ClH/c1-10(8-15)9-16-13(17)6-7-18-12-4-2-11(14)3-5-12;/h2-5,10H,6-9,15H2,1H3,(H,16,17);1H. The Hall–Kier alpha value is -1.33. The van der Waals surface area contributed by atoms with Gasteiger partial charge in [0.25, 0.3) is 0 Å². The molecule has 0 saturated carbocycles. The van der Waals surface area contributed by atoms with Crippen LogP contribution in [0.1, 0.15) is 13.3 Å². The van der Waals surface area contributed by atoms with Crippen LogP contribution >= 0.6 is 12.4 Å². The van der Waals surface area contributed by atoms with E-state index >= 15 is 0 Å². The molecule has 1 atom stereocenters. The molecule has 6 heteroatoms. The van der Waals surface area contributed by atoms with Gasteiger partial charge in [-0.2, -0.15) is 0 Å². The van der Waals surface area contributed by atoms with E-state index < -0.39 is 0 Å². The second-order valence-corrected chi connectivity index (χ2v) is 4.20. The Balaban J connectivity index is 0.00000324. The number of nitrogens with one attached hydrogen (secondary N) is 1. The van der Waals surface area contributed by atoms with E-state index in [4.69, 9.17) is 10.5 Å². The number of ether oxygens (including phenoxy) is 1. The van der Waals surface area contributed by atoms with Gasteiger partial charge in [0, 0.05) is 6.54 Å². The predicted molar refractivity (Wildman–Crippen MR) is 75.0 cm³/mol. The smallest absolute Gasteiger partial charge is 0.223 e. The average molecular weight is 291 g/mol. The maximum atomic E-state index is 12.6. The minimum absolute atomic E-state index is 0. The molecule has 3 N–H and O–H groups in total. The topological polar surface area (TPSA) is 64.3 Å². The highest BCUT2D eigenvalue weighted by atomic mass is 35.5. The summed E-state index contributed by atoms with van der Waals surface area (Å²) in [7, 11) is 0. The number of carbonyl (C=O) groups excluding carboxylic acids is 1. The zero-order chi connectivity index (χ0) is 13.4. The van der Waals surface area contributed by atoms with E-state index in [1.807, 2.05) is 6.92 Å². The van der Waals surface area contributed by atoms with E-state index in [2.05, 4.69) is 5.32 Å². The summed E-state index contributed by atoms with van der Waals surface area (Å²) in [5.41, 5.74) is 5.44. The van der Waals surface area contributed by atoms with Crippen LogP contribution in [-0.2, 0) is 4.79 Å². The summed E-state index contributed by atoms with van der Waals surface area (Å²) in [4.78, 5) is 11.4. The molecule has 0 heterocycles. The van der Waals surface area contributed by atoms with Crippen LogP contribution in [0, 0.1) is 11.7 Å². The quantitative estimate of drug-likeness (QED) is 0.804. The maximum Gasteiger partial charge on any atom is 0.223 e. The molecule has 1 unspecified atom stereocenters. The van der Waals surface area contributed by atoms with Gasteiger partial charge in [0.1, 0.15) is 11.6 Å². The Morgan fingerprint density at radius 3 is 2.63 bits per heavy atom. The lowest BCUT2D eigenvalue weighted by atomic mass is 10.2. The van der Waals surface area contributed by atoms with Crippen LogP contribution in [0.4, 0.5) is 4.39 Å². The highest BCUT2D eigenvalue weighted by Crippen LogP contribution is 2.10. The fourth-order valence-electron chi connectivity index (χ4n) is 1.25. The molecule has 108 valence electrons. The first-order valence-electron chi connectivity index (χ1n) is 5.97. The molecule has 0 aliphatic heterocycles. The SMILES string of the molecule is CC(CN)CNC(=O)CCOc1ccc(F)cc1.Cl. The Morgan fingerprint density at radius 1 is 1.42 bits per heavy atom. The molecule has 1 rings (SSSR count). The van der Waals surface area contributed by atoms with Crippen LogP contribution in [0.15, 0.2) is 24.3 Å². The third-order valence-corrected chi connectivity index (χ3v) is 2.46. The van der Waals surface area contributed by atoms with Crippen LogP contribution in [0.25, 0.3) is 0 Å². The molecule has 1 amide bonds. The van der Waals surface area contributed by atoms with Crippen LogP contribution in [-0.4, -0.2) is 25.6 Å². The van der Waals surface area contributed by atoms with Crippen molar-refractivity contribution in [2.45, 2.75) is 13.3 Å². The van der Waals surface area contributed by atoms with Crippen molar-refractivity contribution in [1.29, 1.82) is 0 Å². The lowest BCUT2D eigenvalue weighted by Gasteiger charge is -2.10. The monoisotopic (exact) mass is 290 g/mol. The summed E-state index contributed by atoms with van der Waals surface area (Å²) in [6.45, 7) is 3.36. The van der Waals surface area contributed by atoms with Crippen molar-refractivity contribution in [3.63, 3.8) is 0 Å². The van der Waals surface area contributed by atoms with Gasteiger partial charge < -0.3 is 15.8 Å². The summed E-state index contributed by atoms with van der Waals surface area (Å²) in [5.74, 6) is 0.444. The van der Waals surface area contributed by atoms with E-state index in [0.717, 1.165) is 0 Å². The lowest BCUT2D eigenvalue weighted by Crippen LogP contribution is -2.31. The van der Waals surface area contributed by atoms with Crippen LogP contribution in [0.5, 0.6) is 5.75 Å². The number of halogens is 2. The molecule has 0 saturated heterocycles. The van der Waals surface area contributed by atoms with E-state index in [0.29, 0.717) is 18.8 Å². The summed E-state index contributed by atoms with van der Waals surface area (Å²) in [6.07, 6.45) is 0.272. The summed E-state index contributed by atoms with van der Waals surface area (Å²) < 4.78 is 17.9. The maximum absolute atomic E-state index is 12.6. The normalized spacial score (nSPS) is 11.3. The molecule has 0 bridgehead atoms. The minimum atomic E-state index is -0.309. The number of rotatable bonds is 7. The zero-order valence-electron chi connectivity index (χ0n) is 10.9. The van der Waals surface area contributed by atoms with Gasteiger partial charge in [-0.1, -0.05) is 6.92 Å². The summed E-state index contributed by atoms with van der Waals surface area (Å²) in [6, 6.07) is 5.70. The molecule has 19 heavy (non-hydrogen) atoms. The number of carbonyl (C=O) groups is 1. The molecule has 0 fully saturated rings. The Morgan fingerprint density at radius 2 is 2.05 bits per heavy atom. The molecule has 0 spiro atoms. The van der Waals surface area contributed by atoms with Gasteiger partial charge in [0.2, 0.25) is 5.91 Å². The Labute approximate surface area is 118 Å². The zero-order valence-corrected chi connectivity index (χ0v) is 11.7. The molecular formula is C13H20ClFN2O2. The van der Waals surface area contributed by atoms with E-state index in [-0.39, 0.29) is 43.1 Å². The van der Waals surface area contributed by atoms with Crippen molar-refractivity contribution in [3.8, 4) is 5.75 Å². The molecule has 0 radical (unpaired) electrons. The van der Waals surface area contributed by atoms with Crippen molar-refractivity contribution in [1.82, 2.24) is 5.32 Å². The molecule has 4 nitrogen and oxygen atoms in total. The van der Waals surface area contributed by atoms with E-state index in [1.165, 1.54) is 24.3 Å². The van der Waals surface area contributed by atoms with Gasteiger partial charge in [-0.15, -0.1) is 12.4 Å². The summed E-state index contributed by atoms with van der Waals surface area (Å²) >= 11 is 0. The van der Waals surface area contributed by atoms with Gasteiger partial charge in [-0.3, -0.25) is 4.79 Å². The van der Waals surface area contributed by atoms with E-state index in [9.17, 15) is 9.18 Å². The first-order valence-corrected chi connectivity index (χ1v) is 5.97. The summed E-state index contributed by atoms with van der Waals surface area (Å²) in [5, 5.41) is 2.77. The Kier molecular flexibility index (Phi) is 8.91. The average Bonchev–Trinajstić information content (AvgIpc) is 2.38. The van der Waals surface area contributed by atoms with Crippen molar-refractivity contribution >= 4 is 18.3 Å². The Bertz CT molecular complexity index is 373. The largest absolute Gasteiger partial charge is 0.493 e. The van der Waals surface area contributed by atoms with E-state index in [1.54, 1.807) is 0 Å². The number of hydrogen-bond acceptors (Lipinski definition) is 3. The molecular weight excluding hydrogens is 271 g/mol. The lowest BCUT2D eigenvalue weighted by molar-refractivity contribution is -0.121. The highest BCUT2D eigenvalue weighted by Gasteiger charge is 2.04. The second kappa shape index (κ2) is 9.58. The number of amides is 1. The third-order valence-electron chi connectivity index (χ3n) is 2.46. The molecule has 1 aromatic rings. The first kappa shape index (κ1) is 17.7. The highest BCUT2D eigenvalue weighted by molar-refractivity contribution is 5.85. The van der Waals surface area contributed by atoms with Crippen molar-refractivity contribution in [3.05, 3.63) is 30.1 Å². The predicted octanol–water partition coefficient (Wildman–Crippen LogP) is 1.73. The van der Waals surface area contributed by atoms with Crippen LogP contribution in [0.3, 0.4) is 0 Å². The van der Waals surface area contributed by atoms with Crippen molar-refractivity contribution in [2.24, 2.45) is 11.7 Å². The van der Waals surface area contributed by atoms with Gasteiger partial charge in [-0.05, 0) is 36.7 Å². The van der Waals surface area contributed by atoms with Crippen molar-refractivity contribution < 1.29 is 13.9 Å². The fourth-order valence-corrected chi connectivity index (χ4v) is 1.25. The molecule has 0 aromatic heterocycles.